The van der Waals surface area contributed by atoms with Gasteiger partial charge in [-0.05, 0) is 42.3 Å². The monoisotopic (exact) mass is 443 g/mol. The second-order valence-corrected chi connectivity index (χ2v) is 7.57. The van der Waals surface area contributed by atoms with E-state index >= 15 is 0 Å². The van der Waals surface area contributed by atoms with Gasteiger partial charge in [0, 0.05) is 11.4 Å². The molecule has 1 atom stereocenters. The third-order valence-electron chi connectivity index (χ3n) is 5.30. The Morgan fingerprint density at radius 1 is 0.970 bits per heavy atom. The second kappa shape index (κ2) is 9.91. The predicted molar refractivity (Wildman–Crippen MR) is 126 cm³/mol. The Bertz CT molecular complexity index is 1180. The van der Waals surface area contributed by atoms with Gasteiger partial charge in [0.1, 0.15) is 6.61 Å². The van der Waals surface area contributed by atoms with E-state index in [1.807, 2.05) is 54.6 Å². The van der Waals surface area contributed by atoms with E-state index in [0.29, 0.717) is 40.6 Å². The number of ether oxygens (including phenoxy) is 2. The van der Waals surface area contributed by atoms with Gasteiger partial charge in [-0.3, -0.25) is 4.79 Å². The van der Waals surface area contributed by atoms with Crippen molar-refractivity contribution in [2.24, 2.45) is 0 Å². The maximum Gasteiger partial charge on any atom is 0.319 e. The van der Waals surface area contributed by atoms with Gasteiger partial charge in [-0.2, -0.15) is 0 Å². The minimum absolute atomic E-state index is 0.307. The first-order valence-corrected chi connectivity index (χ1v) is 10.5. The summed E-state index contributed by atoms with van der Waals surface area (Å²) in [5, 5.41) is 8.44. The van der Waals surface area contributed by atoms with Gasteiger partial charge in [0.25, 0.3) is 5.91 Å². The molecule has 0 spiro atoms. The number of hydrogen-bond acceptors (Lipinski definition) is 4. The summed E-state index contributed by atoms with van der Waals surface area (Å²) < 4.78 is 11.5. The molecule has 0 saturated heterocycles. The summed E-state index contributed by atoms with van der Waals surface area (Å²) in [5.41, 5.74) is 3.28. The molecular formula is C26H25N3O4. The van der Waals surface area contributed by atoms with Crippen LogP contribution in [0.5, 0.6) is 11.5 Å². The Balaban J connectivity index is 1.64. The number of benzene rings is 3. The number of amides is 3. The Kier molecular flexibility index (Phi) is 6.59. The van der Waals surface area contributed by atoms with Crippen LogP contribution in [-0.4, -0.2) is 19.0 Å². The largest absolute Gasteiger partial charge is 0.493 e. The van der Waals surface area contributed by atoms with E-state index in [4.69, 9.17) is 9.47 Å². The van der Waals surface area contributed by atoms with Gasteiger partial charge in [-0.25, -0.2) is 4.79 Å². The first-order chi connectivity index (χ1) is 16.0. The van der Waals surface area contributed by atoms with Gasteiger partial charge in [0.15, 0.2) is 11.5 Å². The predicted octanol–water partition coefficient (Wildman–Crippen LogP) is 4.54. The van der Waals surface area contributed by atoms with Crippen molar-refractivity contribution >= 4 is 17.6 Å². The molecule has 0 aromatic heterocycles. The molecule has 0 bridgehead atoms. The van der Waals surface area contributed by atoms with Gasteiger partial charge < -0.3 is 25.4 Å². The van der Waals surface area contributed by atoms with Crippen LogP contribution in [0.1, 0.15) is 24.1 Å². The van der Waals surface area contributed by atoms with Crippen LogP contribution in [0.4, 0.5) is 10.5 Å². The summed E-state index contributed by atoms with van der Waals surface area (Å²) in [5.74, 6) is 0.775. The standard InChI is InChI=1S/C26H25N3O4/c1-17-23(25(30)28-20-11-7-4-8-12-20)24(29-26(31)27-17)19-13-14-21(32-2)22(15-19)33-16-18-9-5-3-6-10-18/h3-15,24H,16H2,1-2H3,(H,28,30)(H2,27,29,31). The highest BCUT2D eigenvalue weighted by molar-refractivity contribution is 6.06. The minimum atomic E-state index is -0.660. The summed E-state index contributed by atoms with van der Waals surface area (Å²) in [6.07, 6.45) is 0. The quantitative estimate of drug-likeness (QED) is 0.500. The molecule has 33 heavy (non-hydrogen) atoms. The maximum atomic E-state index is 13.2. The molecule has 3 amide bonds. The van der Waals surface area contributed by atoms with Crippen molar-refractivity contribution in [3.8, 4) is 11.5 Å². The van der Waals surface area contributed by atoms with Crippen LogP contribution in [0.25, 0.3) is 0 Å². The van der Waals surface area contributed by atoms with Gasteiger partial charge in [-0.1, -0.05) is 54.6 Å². The van der Waals surface area contributed by atoms with Crippen LogP contribution >= 0.6 is 0 Å². The zero-order valence-electron chi connectivity index (χ0n) is 18.4. The lowest BCUT2D eigenvalue weighted by atomic mass is 9.94. The number of allylic oxidation sites excluding steroid dienone is 1. The van der Waals surface area contributed by atoms with E-state index in [9.17, 15) is 9.59 Å². The van der Waals surface area contributed by atoms with Crippen LogP contribution in [0.2, 0.25) is 0 Å². The summed E-state index contributed by atoms with van der Waals surface area (Å²) in [6, 6.07) is 23.3. The topological polar surface area (TPSA) is 88.7 Å². The number of anilines is 1. The van der Waals surface area contributed by atoms with E-state index in [-0.39, 0.29) is 11.9 Å². The lowest BCUT2D eigenvalue weighted by Gasteiger charge is -2.29. The normalized spacial score (nSPS) is 15.3. The summed E-state index contributed by atoms with van der Waals surface area (Å²) >= 11 is 0. The molecule has 3 aromatic carbocycles. The van der Waals surface area contributed by atoms with Crippen LogP contribution in [0.3, 0.4) is 0 Å². The first-order valence-electron chi connectivity index (χ1n) is 10.5. The van der Waals surface area contributed by atoms with Gasteiger partial charge in [-0.15, -0.1) is 0 Å². The molecule has 1 aliphatic rings. The number of urea groups is 1. The molecule has 7 heteroatoms. The Labute approximate surface area is 192 Å². The molecule has 0 saturated carbocycles. The van der Waals surface area contributed by atoms with E-state index in [1.165, 1.54) is 0 Å². The number of nitrogens with one attached hydrogen (secondary N) is 3. The fraction of sp³-hybridized carbons (Fsp3) is 0.154. The molecule has 0 aliphatic carbocycles. The van der Waals surface area contributed by atoms with Gasteiger partial charge >= 0.3 is 6.03 Å². The van der Waals surface area contributed by atoms with Gasteiger partial charge in [0.05, 0.1) is 18.7 Å². The third-order valence-corrected chi connectivity index (χ3v) is 5.30. The van der Waals surface area contributed by atoms with Crippen LogP contribution in [0.15, 0.2) is 90.1 Å². The molecule has 7 nitrogen and oxygen atoms in total. The van der Waals surface area contributed by atoms with Crippen LogP contribution in [0, 0.1) is 0 Å². The molecule has 1 unspecified atom stereocenters. The molecule has 4 rings (SSSR count). The molecular weight excluding hydrogens is 418 g/mol. The fourth-order valence-electron chi connectivity index (χ4n) is 3.69. The lowest BCUT2D eigenvalue weighted by Crippen LogP contribution is -2.46. The van der Waals surface area contributed by atoms with Crippen molar-refractivity contribution < 1.29 is 19.1 Å². The molecule has 3 N–H and O–H groups in total. The Morgan fingerprint density at radius 2 is 1.67 bits per heavy atom. The molecule has 3 aromatic rings. The smallest absolute Gasteiger partial charge is 0.319 e. The number of para-hydroxylation sites is 1. The average Bonchev–Trinajstić information content (AvgIpc) is 2.83. The minimum Gasteiger partial charge on any atom is -0.493 e. The van der Waals surface area contributed by atoms with Crippen LogP contribution in [-0.2, 0) is 11.4 Å². The molecule has 0 fully saturated rings. The lowest BCUT2D eigenvalue weighted by molar-refractivity contribution is -0.113. The molecule has 0 radical (unpaired) electrons. The van der Waals surface area contributed by atoms with Crippen molar-refractivity contribution in [3.05, 3.63) is 101 Å². The van der Waals surface area contributed by atoms with Crippen molar-refractivity contribution in [1.29, 1.82) is 0 Å². The highest BCUT2D eigenvalue weighted by Gasteiger charge is 2.31. The Hall–Kier alpha value is -4.26. The van der Waals surface area contributed by atoms with Crippen molar-refractivity contribution in [3.63, 3.8) is 0 Å². The second-order valence-electron chi connectivity index (χ2n) is 7.57. The van der Waals surface area contributed by atoms with Crippen molar-refractivity contribution in [2.75, 3.05) is 12.4 Å². The Morgan fingerprint density at radius 3 is 2.36 bits per heavy atom. The van der Waals surface area contributed by atoms with Crippen molar-refractivity contribution in [2.45, 2.75) is 19.6 Å². The third kappa shape index (κ3) is 5.15. The zero-order valence-corrected chi connectivity index (χ0v) is 18.4. The van der Waals surface area contributed by atoms with E-state index in [0.717, 1.165) is 5.56 Å². The summed E-state index contributed by atoms with van der Waals surface area (Å²) in [6.45, 7) is 2.07. The summed E-state index contributed by atoms with van der Waals surface area (Å²) in [7, 11) is 1.57. The highest BCUT2D eigenvalue weighted by Crippen LogP contribution is 2.35. The van der Waals surface area contributed by atoms with E-state index in [2.05, 4.69) is 16.0 Å². The number of hydrogen-bond donors (Lipinski definition) is 3. The zero-order chi connectivity index (χ0) is 23.2. The molecule has 1 aliphatic heterocycles. The highest BCUT2D eigenvalue weighted by atomic mass is 16.5. The maximum absolute atomic E-state index is 13.2. The number of carbonyl (C=O) groups is 2. The fourth-order valence-corrected chi connectivity index (χ4v) is 3.69. The van der Waals surface area contributed by atoms with Crippen LogP contribution < -0.4 is 25.4 Å². The van der Waals surface area contributed by atoms with E-state index < -0.39 is 6.04 Å². The van der Waals surface area contributed by atoms with E-state index in [1.54, 1.807) is 38.3 Å². The SMILES string of the molecule is COc1ccc(C2NC(=O)NC(C)=C2C(=O)Nc2ccccc2)cc1OCc1ccccc1. The average molecular weight is 444 g/mol. The first kappa shape index (κ1) is 22.0. The number of methoxy groups -OCH3 is 1. The number of rotatable bonds is 7. The molecule has 1 heterocycles. The molecule has 168 valence electrons. The number of carbonyl (C=O) groups excluding carboxylic acids is 2. The van der Waals surface area contributed by atoms with Crippen molar-refractivity contribution in [1.82, 2.24) is 10.6 Å². The summed E-state index contributed by atoms with van der Waals surface area (Å²) in [4.78, 5) is 25.4. The van der Waals surface area contributed by atoms with Gasteiger partial charge in [0.2, 0.25) is 0 Å².